The first-order valence-electron chi connectivity index (χ1n) is 5.19. The molecule has 18 heavy (non-hydrogen) atoms. The third-order valence-electron chi connectivity index (χ3n) is 2.43. The average Bonchev–Trinajstić information content (AvgIpc) is 2.79. The van der Waals surface area contributed by atoms with E-state index in [0.717, 1.165) is 0 Å². The fraction of sp³-hybridized carbons (Fsp3) is 0.444. The van der Waals surface area contributed by atoms with Crippen LogP contribution in [-0.4, -0.2) is 39.8 Å². The van der Waals surface area contributed by atoms with Crippen molar-refractivity contribution in [3.8, 4) is 0 Å². The number of hydrazine groups is 1. The molecule has 2 aliphatic rings. The Bertz CT molecular complexity index is 387. The summed E-state index contributed by atoms with van der Waals surface area (Å²) in [5.41, 5.74) is 1.87. The van der Waals surface area contributed by atoms with Crippen LogP contribution >= 0.6 is 0 Å². The molecule has 2 aliphatic heterocycles. The Hall–Kier alpha value is -2.45. The van der Waals surface area contributed by atoms with E-state index in [0.29, 0.717) is 10.1 Å². The van der Waals surface area contributed by atoms with Gasteiger partial charge in [-0.25, -0.2) is 10.2 Å². The van der Waals surface area contributed by atoms with Crippen LogP contribution in [0.4, 0.5) is 4.79 Å². The summed E-state index contributed by atoms with van der Waals surface area (Å²) in [7, 11) is 0. The molecule has 96 valence electrons. The summed E-state index contributed by atoms with van der Waals surface area (Å²) >= 11 is 0. The largest absolute Gasteiger partial charge is 0.451 e. The van der Waals surface area contributed by atoms with Crippen molar-refractivity contribution in [3.63, 3.8) is 0 Å². The van der Waals surface area contributed by atoms with E-state index >= 15 is 0 Å². The van der Waals surface area contributed by atoms with Crippen molar-refractivity contribution in [2.24, 2.45) is 0 Å². The molecule has 0 aromatic rings. The van der Waals surface area contributed by atoms with Crippen molar-refractivity contribution in [2.75, 3.05) is 0 Å². The lowest BCUT2D eigenvalue weighted by Crippen LogP contribution is -2.48. The molecule has 0 radical (unpaired) electrons. The molecule has 0 aromatic carbocycles. The van der Waals surface area contributed by atoms with Crippen LogP contribution in [0.1, 0.15) is 25.7 Å². The van der Waals surface area contributed by atoms with E-state index in [1.54, 1.807) is 0 Å². The zero-order chi connectivity index (χ0) is 13.3. The van der Waals surface area contributed by atoms with E-state index in [1.807, 2.05) is 5.43 Å². The molecule has 9 nitrogen and oxygen atoms in total. The molecule has 2 fully saturated rings. The highest BCUT2D eigenvalue weighted by Crippen LogP contribution is 2.13. The fourth-order valence-corrected chi connectivity index (χ4v) is 1.55. The van der Waals surface area contributed by atoms with Crippen LogP contribution in [0.5, 0.6) is 0 Å². The third kappa shape index (κ3) is 2.14. The van der Waals surface area contributed by atoms with Gasteiger partial charge in [0.1, 0.15) is 0 Å². The predicted octanol–water partition coefficient (Wildman–Crippen LogP) is -1.16. The number of carbonyl (C=O) groups is 5. The summed E-state index contributed by atoms with van der Waals surface area (Å²) in [5.74, 6) is -2.43. The van der Waals surface area contributed by atoms with Crippen LogP contribution in [0.2, 0.25) is 0 Å². The average molecular weight is 255 g/mol. The smallest absolute Gasteiger partial charge is 0.310 e. The van der Waals surface area contributed by atoms with E-state index in [4.69, 9.17) is 0 Å². The highest BCUT2D eigenvalue weighted by atomic mass is 16.7. The summed E-state index contributed by atoms with van der Waals surface area (Å²) in [6.07, 6.45) is -1.30. The Kier molecular flexibility index (Phi) is 2.96. The molecular formula is C9H9N3O6. The van der Waals surface area contributed by atoms with Crippen molar-refractivity contribution >= 4 is 29.7 Å². The van der Waals surface area contributed by atoms with Crippen molar-refractivity contribution in [2.45, 2.75) is 25.7 Å². The molecule has 0 aromatic heterocycles. The minimum Gasteiger partial charge on any atom is -0.310 e. The van der Waals surface area contributed by atoms with Crippen LogP contribution in [0.3, 0.4) is 0 Å². The van der Waals surface area contributed by atoms with Gasteiger partial charge in [0.25, 0.3) is 11.8 Å². The highest BCUT2D eigenvalue weighted by Gasteiger charge is 2.35. The summed E-state index contributed by atoms with van der Waals surface area (Å²) in [4.78, 5) is 60.4. The molecule has 0 unspecified atom stereocenters. The quantitative estimate of drug-likeness (QED) is 0.623. The summed E-state index contributed by atoms with van der Waals surface area (Å²) in [6, 6.07) is 0. The second kappa shape index (κ2) is 4.43. The van der Waals surface area contributed by atoms with Crippen LogP contribution in [0.15, 0.2) is 0 Å². The summed E-state index contributed by atoms with van der Waals surface area (Å²) < 4.78 is 0. The molecule has 0 spiro atoms. The highest BCUT2D eigenvalue weighted by molar-refractivity contribution is 6.03. The number of hydroxylamine groups is 2. The number of rotatable bonds is 2. The summed E-state index contributed by atoms with van der Waals surface area (Å²) in [5, 5.41) is 0.827. The van der Waals surface area contributed by atoms with Gasteiger partial charge in [-0.15, -0.1) is 5.06 Å². The van der Waals surface area contributed by atoms with Gasteiger partial charge in [-0.2, -0.15) is 5.01 Å². The molecular weight excluding hydrogens is 246 g/mol. The van der Waals surface area contributed by atoms with Gasteiger partial charge in [0.2, 0.25) is 11.8 Å². The lowest BCUT2D eigenvalue weighted by Gasteiger charge is -2.17. The molecule has 9 heteroatoms. The number of amides is 5. The monoisotopic (exact) mass is 255 g/mol. The van der Waals surface area contributed by atoms with Gasteiger partial charge in [-0.1, -0.05) is 0 Å². The molecule has 2 heterocycles. The first kappa shape index (κ1) is 12.0. The van der Waals surface area contributed by atoms with E-state index < -0.39 is 29.7 Å². The SMILES string of the molecule is O=C(NN1C(=O)CCC1=O)ON1C(=O)CCC1=O. The van der Waals surface area contributed by atoms with Crippen molar-refractivity contribution in [3.05, 3.63) is 0 Å². The minimum atomic E-state index is -1.23. The second-order valence-electron chi connectivity index (χ2n) is 3.70. The Morgan fingerprint density at radius 2 is 1.33 bits per heavy atom. The molecule has 0 saturated carbocycles. The van der Waals surface area contributed by atoms with E-state index in [9.17, 15) is 24.0 Å². The van der Waals surface area contributed by atoms with Crippen molar-refractivity contribution in [1.82, 2.24) is 15.5 Å². The minimum absolute atomic E-state index is 0.000683. The lowest BCUT2D eigenvalue weighted by molar-refractivity contribution is -0.172. The Labute approximate surface area is 101 Å². The van der Waals surface area contributed by atoms with Crippen LogP contribution in [-0.2, 0) is 24.0 Å². The van der Waals surface area contributed by atoms with Gasteiger partial charge in [-0.05, 0) is 0 Å². The Balaban J connectivity index is 1.93. The van der Waals surface area contributed by atoms with Gasteiger partial charge in [0.05, 0.1) is 0 Å². The standard InChI is InChI=1S/C9H9N3O6/c13-5-1-2-6(14)11(5)10-9(17)18-12-7(15)3-4-8(12)16/h1-4H2,(H,10,17). The van der Waals surface area contributed by atoms with Crippen LogP contribution in [0.25, 0.3) is 0 Å². The molecule has 2 rings (SSSR count). The lowest BCUT2D eigenvalue weighted by atomic mass is 10.4. The molecule has 0 atom stereocenters. The predicted molar refractivity (Wildman–Crippen MR) is 51.8 cm³/mol. The number of carbonyl (C=O) groups excluding carboxylic acids is 5. The van der Waals surface area contributed by atoms with Gasteiger partial charge in [0.15, 0.2) is 0 Å². The molecule has 0 aliphatic carbocycles. The normalized spacial score (nSPS) is 19.8. The molecule has 5 amide bonds. The maximum Gasteiger partial charge on any atom is 0.451 e. The van der Waals surface area contributed by atoms with Gasteiger partial charge >= 0.3 is 6.09 Å². The number of nitrogens with zero attached hydrogens (tertiary/aromatic N) is 2. The van der Waals surface area contributed by atoms with Gasteiger partial charge < -0.3 is 4.84 Å². The second-order valence-corrected chi connectivity index (χ2v) is 3.70. The Morgan fingerprint density at radius 1 is 0.889 bits per heavy atom. The number of nitrogens with one attached hydrogen (secondary N) is 1. The van der Waals surface area contributed by atoms with E-state index in [2.05, 4.69) is 4.84 Å². The van der Waals surface area contributed by atoms with E-state index in [1.165, 1.54) is 0 Å². The zero-order valence-corrected chi connectivity index (χ0v) is 9.17. The maximum absolute atomic E-state index is 11.3. The van der Waals surface area contributed by atoms with Crippen molar-refractivity contribution < 1.29 is 28.8 Å². The first-order valence-corrected chi connectivity index (χ1v) is 5.19. The van der Waals surface area contributed by atoms with Crippen LogP contribution in [0, 0.1) is 0 Å². The van der Waals surface area contributed by atoms with Crippen molar-refractivity contribution in [1.29, 1.82) is 0 Å². The summed E-state index contributed by atoms with van der Waals surface area (Å²) in [6.45, 7) is 0. The molecule has 2 saturated heterocycles. The number of hydrogen-bond donors (Lipinski definition) is 1. The topological polar surface area (TPSA) is 113 Å². The Morgan fingerprint density at radius 3 is 1.83 bits per heavy atom. The van der Waals surface area contributed by atoms with Gasteiger partial charge in [-0.3, -0.25) is 19.2 Å². The van der Waals surface area contributed by atoms with Crippen LogP contribution < -0.4 is 5.43 Å². The number of hydrogen-bond acceptors (Lipinski definition) is 6. The van der Waals surface area contributed by atoms with Gasteiger partial charge in [0, 0.05) is 25.7 Å². The van der Waals surface area contributed by atoms with E-state index in [-0.39, 0.29) is 25.7 Å². The maximum atomic E-state index is 11.3. The first-order chi connectivity index (χ1) is 8.49. The fourth-order valence-electron chi connectivity index (χ4n) is 1.55. The third-order valence-corrected chi connectivity index (χ3v) is 2.43. The molecule has 1 N–H and O–H groups in total. The number of imide groups is 2. The molecule has 0 bridgehead atoms. The zero-order valence-electron chi connectivity index (χ0n) is 9.17.